The monoisotopic (exact) mass is 150 g/mol. The maximum absolute atomic E-state index is 9.51. The van der Waals surface area contributed by atoms with Gasteiger partial charge in [0.25, 0.3) is 0 Å². The Bertz CT molecular complexity index is 231. The molecule has 1 heteroatoms. The minimum atomic E-state index is -0.654. The Labute approximate surface area is 67.7 Å². The van der Waals surface area contributed by atoms with E-state index in [0.29, 0.717) is 6.42 Å². The van der Waals surface area contributed by atoms with Crippen LogP contribution in [0.1, 0.15) is 20.3 Å². The van der Waals surface area contributed by atoms with Gasteiger partial charge in [-0.1, -0.05) is 30.4 Å². The van der Waals surface area contributed by atoms with Crippen molar-refractivity contribution in [2.24, 2.45) is 0 Å². The zero-order chi connectivity index (χ0) is 8.48. The van der Waals surface area contributed by atoms with E-state index in [-0.39, 0.29) is 0 Å². The predicted octanol–water partition coefficient (Wildman–Crippen LogP) is 2.20. The Morgan fingerprint density at radius 3 is 2.73 bits per heavy atom. The normalized spacial score (nSPS) is 29.9. The lowest BCUT2D eigenvalue weighted by atomic mass is 9.92. The molecule has 1 unspecified atom stereocenters. The molecule has 1 atom stereocenters. The molecule has 0 amide bonds. The molecule has 0 spiro atoms. The highest BCUT2D eigenvalue weighted by Gasteiger charge is 2.17. The molecule has 1 aliphatic carbocycles. The minimum absolute atomic E-state index is 0.654. The standard InChI is InChI=1S/C10H14O/c1-8(2)9-4-6-10(3,11)7-5-9/h4-6,11H,1,7H2,2-3H3. The number of hydrogen-bond donors (Lipinski definition) is 1. The Balaban J connectivity index is 2.75. The lowest BCUT2D eigenvalue weighted by Crippen LogP contribution is -2.21. The van der Waals surface area contributed by atoms with Crippen LogP contribution in [-0.4, -0.2) is 10.7 Å². The second kappa shape index (κ2) is 2.67. The smallest absolute Gasteiger partial charge is 0.0837 e. The summed E-state index contributed by atoms with van der Waals surface area (Å²) < 4.78 is 0. The molecule has 0 saturated carbocycles. The van der Waals surface area contributed by atoms with Crippen molar-refractivity contribution in [3.63, 3.8) is 0 Å². The zero-order valence-corrected chi connectivity index (χ0v) is 7.09. The summed E-state index contributed by atoms with van der Waals surface area (Å²) in [7, 11) is 0. The van der Waals surface area contributed by atoms with Crippen molar-refractivity contribution in [3.05, 3.63) is 36.0 Å². The summed E-state index contributed by atoms with van der Waals surface area (Å²) in [5, 5.41) is 9.51. The second-order valence-electron chi connectivity index (χ2n) is 3.33. The Morgan fingerprint density at radius 1 is 1.73 bits per heavy atom. The van der Waals surface area contributed by atoms with Gasteiger partial charge >= 0.3 is 0 Å². The van der Waals surface area contributed by atoms with Crippen LogP contribution in [0.15, 0.2) is 36.0 Å². The molecule has 0 bridgehead atoms. The van der Waals surface area contributed by atoms with Gasteiger partial charge in [0.05, 0.1) is 5.60 Å². The average Bonchev–Trinajstić information content (AvgIpc) is 1.86. The third kappa shape index (κ3) is 2.05. The molecule has 1 aliphatic rings. The highest BCUT2D eigenvalue weighted by atomic mass is 16.3. The van der Waals surface area contributed by atoms with Crippen LogP contribution in [-0.2, 0) is 0 Å². The molecule has 0 aliphatic heterocycles. The second-order valence-corrected chi connectivity index (χ2v) is 3.33. The highest BCUT2D eigenvalue weighted by molar-refractivity contribution is 5.40. The van der Waals surface area contributed by atoms with E-state index in [0.717, 1.165) is 11.1 Å². The van der Waals surface area contributed by atoms with Gasteiger partial charge < -0.3 is 5.11 Å². The summed E-state index contributed by atoms with van der Waals surface area (Å²) in [6.07, 6.45) is 6.44. The van der Waals surface area contributed by atoms with Gasteiger partial charge in [-0.3, -0.25) is 0 Å². The SMILES string of the molecule is C=C(C)C1=CCC(C)(O)C=C1. The van der Waals surface area contributed by atoms with Gasteiger partial charge in [-0.05, 0) is 25.8 Å². The summed E-state index contributed by atoms with van der Waals surface area (Å²) in [4.78, 5) is 0. The van der Waals surface area contributed by atoms with Gasteiger partial charge in [0.1, 0.15) is 0 Å². The third-order valence-corrected chi connectivity index (χ3v) is 1.85. The first-order valence-electron chi connectivity index (χ1n) is 3.79. The number of aliphatic hydroxyl groups is 1. The van der Waals surface area contributed by atoms with Crippen molar-refractivity contribution in [1.82, 2.24) is 0 Å². The van der Waals surface area contributed by atoms with Crippen LogP contribution in [0.3, 0.4) is 0 Å². The first kappa shape index (κ1) is 8.28. The summed E-state index contributed by atoms with van der Waals surface area (Å²) in [6, 6.07) is 0. The maximum atomic E-state index is 9.51. The van der Waals surface area contributed by atoms with E-state index in [9.17, 15) is 5.11 Å². The van der Waals surface area contributed by atoms with Gasteiger partial charge in [-0.2, -0.15) is 0 Å². The molecule has 60 valence electrons. The van der Waals surface area contributed by atoms with Crippen LogP contribution >= 0.6 is 0 Å². The number of allylic oxidation sites excluding steroid dienone is 3. The van der Waals surface area contributed by atoms with E-state index in [2.05, 4.69) is 6.58 Å². The lowest BCUT2D eigenvalue weighted by Gasteiger charge is -2.21. The molecule has 1 N–H and O–H groups in total. The maximum Gasteiger partial charge on any atom is 0.0837 e. The molecule has 1 nitrogen and oxygen atoms in total. The molecule has 0 radical (unpaired) electrons. The van der Waals surface area contributed by atoms with E-state index in [1.54, 1.807) is 6.92 Å². The van der Waals surface area contributed by atoms with Gasteiger partial charge in [-0.15, -0.1) is 0 Å². The average molecular weight is 150 g/mol. The molecule has 0 aromatic rings. The molecule has 0 heterocycles. The zero-order valence-electron chi connectivity index (χ0n) is 7.09. The molecule has 11 heavy (non-hydrogen) atoms. The molecule has 0 aromatic carbocycles. The quantitative estimate of drug-likeness (QED) is 0.607. The summed E-state index contributed by atoms with van der Waals surface area (Å²) in [5.74, 6) is 0. The van der Waals surface area contributed by atoms with E-state index in [1.807, 2.05) is 25.2 Å². The Morgan fingerprint density at radius 2 is 2.36 bits per heavy atom. The molecule has 0 saturated heterocycles. The minimum Gasteiger partial charge on any atom is -0.386 e. The van der Waals surface area contributed by atoms with E-state index in [1.165, 1.54) is 0 Å². The van der Waals surface area contributed by atoms with Crippen molar-refractivity contribution < 1.29 is 5.11 Å². The molecule has 1 rings (SSSR count). The van der Waals surface area contributed by atoms with E-state index >= 15 is 0 Å². The van der Waals surface area contributed by atoms with Crippen LogP contribution < -0.4 is 0 Å². The third-order valence-electron chi connectivity index (χ3n) is 1.85. The number of hydrogen-bond acceptors (Lipinski definition) is 1. The van der Waals surface area contributed by atoms with Crippen molar-refractivity contribution in [1.29, 1.82) is 0 Å². The van der Waals surface area contributed by atoms with Crippen LogP contribution in [0.2, 0.25) is 0 Å². The van der Waals surface area contributed by atoms with Crippen molar-refractivity contribution in [2.75, 3.05) is 0 Å². The van der Waals surface area contributed by atoms with Crippen molar-refractivity contribution in [3.8, 4) is 0 Å². The van der Waals surface area contributed by atoms with Crippen LogP contribution in [0.4, 0.5) is 0 Å². The van der Waals surface area contributed by atoms with Gasteiger partial charge in [0, 0.05) is 0 Å². The topological polar surface area (TPSA) is 20.2 Å². The van der Waals surface area contributed by atoms with Crippen molar-refractivity contribution in [2.45, 2.75) is 25.9 Å². The molecule has 0 aromatic heterocycles. The molecular weight excluding hydrogens is 136 g/mol. The number of rotatable bonds is 1. The van der Waals surface area contributed by atoms with Gasteiger partial charge in [-0.25, -0.2) is 0 Å². The van der Waals surface area contributed by atoms with Crippen molar-refractivity contribution >= 4 is 0 Å². The molecule has 0 fully saturated rings. The Kier molecular flexibility index (Phi) is 2.01. The largest absolute Gasteiger partial charge is 0.386 e. The fourth-order valence-corrected chi connectivity index (χ4v) is 1.04. The highest BCUT2D eigenvalue weighted by Crippen LogP contribution is 2.22. The summed E-state index contributed by atoms with van der Waals surface area (Å²) in [5.41, 5.74) is 1.53. The summed E-state index contributed by atoms with van der Waals surface area (Å²) >= 11 is 0. The molecular formula is C10H14O. The van der Waals surface area contributed by atoms with E-state index < -0.39 is 5.60 Å². The fraction of sp³-hybridized carbons (Fsp3) is 0.400. The van der Waals surface area contributed by atoms with Gasteiger partial charge in [0.15, 0.2) is 0 Å². The van der Waals surface area contributed by atoms with E-state index in [4.69, 9.17) is 0 Å². The van der Waals surface area contributed by atoms with Crippen LogP contribution in [0, 0.1) is 0 Å². The predicted molar refractivity (Wildman–Crippen MR) is 47.3 cm³/mol. The first-order chi connectivity index (χ1) is 5.01. The first-order valence-corrected chi connectivity index (χ1v) is 3.79. The Hall–Kier alpha value is -0.820. The fourth-order valence-electron chi connectivity index (χ4n) is 1.04. The van der Waals surface area contributed by atoms with Gasteiger partial charge in [0.2, 0.25) is 0 Å². The lowest BCUT2D eigenvalue weighted by molar-refractivity contribution is 0.114. The van der Waals surface area contributed by atoms with Crippen LogP contribution in [0.25, 0.3) is 0 Å². The van der Waals surface area contributed by atoms with Crippen LogP contribution in [0.5, 0.6) is 0 Å². The summed E-state index contributed by atoms with van der Waals surface area (Å²) in [6.45, 7) is 7.59.